The van der Waals surface area contributed by atoms with Crippen LogP contribution in [0.4, 0.5) is 9.59 Å². The third-order valence-electron chi connectivity index (χ3n) is 2.87. The summed E-state index contributed by atoms with van der Waals surface area (Å²) >= 11 is 0. The highest BCUT2D eigenvalue weighted by Crippen LogP contribution is 2.30. The van der Waals surface area contributed by atoms with Crippen molar-refractivity contribution in [2.24, 2.45) is 10.2 Å². The molecule has 1 rings (SSSR count). The van der Waals surface area contributed by atoms with Crippen molar-refractivity contribution in [3.05, 3.63) is 23.3 Å². The Labute approximate surface area is 169 Å². The average Bonchev–Trinajstić information content (AvgIpc) is 2.53. The first kappa shape index (κ1) is 23.7. The number of methoxy groups -OCH3 is 1. The number of carbonyl (C=O) groups is 2. The zero-order chi connectivity index (χ0) is 22.2. The summed E-state index contributed by atoms with van der Waals surface area (Å²) in [7, 11) is 1.38. The molecule has 3 N–H and O–H groups in total. The summed E-state index contributed by atoms with van der Waals surface area (Å²) in [6.07, 6.45) is 1.12. The minimum atomic E-state index is -0.737. The lowest BCUT2D eigenvalue weighted by atomic mass is 10.1. The molecule has 0 bridgehead atoms. The van der Waals surface area contributed by atoms with E-state index in [1.165, 1.54) is 31.7 Å². The number of carbonyl (C=O) groups excluding carboxylic acids is 2. The first-order valence-electron chi connectivity index (χ1n) is 8.76. The molecule has 0 unspecified atom stereocenters. The van der Waals surface area contributed by atoms with E-state index in [0.717, 1.165) is 0 Å². The van der Waals surface area contributed by atoms with Gasteiger partial charge in [0.05, 0.1) is 19.5 Å². The van der Waals surface area contributed by atoms with Crippen LogP contribution in [0, 0.1) is 0 Å². The van der Waals surface area contributed by atoms with E-state index in [4.69, 9.17) is 14.2 Å². The highest BCUT2D eigenvalue weighted by atomic mass is 16.6. The normalized spacial score (nSPS) is 12.1. The molecule has 10 heteroatoms. The Morgan fingerprint density at radius 3 is 1.86 bits per heavy atom. The third-order valence-corrected chi connectivity index (χ3v) is 2.87. The Kier molecular flexibility index (Phi) is 7.99. The van der Waals surface area contributed by atoms with Crippen LogP contribution in [-0.2, 0) is 9.47 Å². The van der Waals surface area contributed by atoms with Crippen molar-refractivity contribution in [1.29, 1.82) is 0 Å². The molecular formula is C19H28N4O6. The molecule has 0 radical (unpaired) electrons. The number of phenolic OH excluding ortho intramolecular Hbond substituents is 1. The van der Waals surface area contributed by atoms with Crippen LogP contribution < -0.4 is 15.6 Å². The summed E-state index contributed by atoms with van der Waals surface area (Å²) in [6.45, 7) is 10.4. The molecule has 160 valence electrons. The van der Waals surface area contributed by atoms with E-state index in [1.807, 2.05) is 0 Å². The van der Waals surface area contributed by atoms with E-state index in [1.54, 1.807) is 41.5 Å². The van der Waals surface area contributed by atoms with Gasteiger partial charge in [0.25, 0.3) is 0 Å². The van der Waals surface area contributed by atoms with Gasteiger partial charge >= 0.3 is 12.2 Å². The van der Waals surface area contributed by atoms with Gasteiger partial charge in [-0.15, -0.1) is 0 Å². The van der Waals surface area contributed by atoms with Crippen LogP contribution in [0.5, 0.6) is 11.5 Å². The summed E-state index contributed by atoms with van der Waals surface area (Å²) in [5, 5.41) is 17.8. The molecule has 29 heavy (non-hydrogen) atoms. The van der Waals surface area contributed by atoms with Crippen molar-refractivity contribution >= 4 is 24.6 Å². The highest BCUT2D eigenvalue weighted by molar-refractivity contribution is 5.91. The van der Waals surface area contributed by atoms with Gasteiger partial charge in [0.15, 0.2) is 11.5 Å². The number of hydrogen-bond acceptors (Lipinski definition) is 8. The molecule has 0 aliphatic heterocycles. The Morgan fingerprint density at radius 1 is 0.931 bits per heavy atom. The summed E-state index contributed by atoms with van der Waals surface area (Å²) < 4.78 is 15.2. The molecule has 0 aliphatic carbocycles. The number of aromatic hydroxyl groups is 1. The Morgan fingerprint density at radius 2 is 1.41 bits per heavy atom. The Bertz CT molecular complexity index is 791. The summed E-state index contributed by atoms with van der Waals surface area (Å²) in [5.41, 5.74) is 3.87. The van der Waals surface area contributed by atoms with Crippen LogP contribution in [0.1, 0.15) is 52.7 Å². The van der Waals surface area contributed by atoms with E-state index in [2.05, 4.69) is 21.1 Å². The number of amides is 2. The summed E-state index contributed by atoms with van der Waals surface area (Å²) in [5.74, 6) is -0.0237. The fourth-order valence-corrected chi connectivity index (χ4v) is 1.90. The highest BCUT2D eigenvalue weighted by Gasteiger charge is 2.16. The lowest BCUT2D eigenvalue weighted by molar-refractivity contribution is 0.0518. The lowest BCUT2D eigenvalue weighted by Gasteiger charge is -2.18. The predicted octanol–water partition coefficient (Wildman–Crippen LogP) is 3.12. The van der Waals surface area contributed by atoms with Crippen molar-refractivity contribution in [2.45, 2.75) is 52.7 Å². The second-order valence-electron chi connectivity index (χ2n) is 7.90. The van der Waals surface area contributed by atoms with Crippen molar-refractivity contribution in [1.82, 2.24) is 10.9 Å². The van der Waals surface area contributed by atoms with Gasteiger partial charge in [0.2, 0.25) is 0 Å². The molecular weight excluding hydrogens is 380 g/mol. The molecule has 0 saturated carbocycles. The van der Waals surface area contributed by atoms with E-state index in [9.17, 15) is 14.7 Å². The summed E-state index contributed by atoms with van der Waals surface area (Å²) in [4.78, 5) is 23.2. The largest absolute Gasteiger partial charge is 0.504 e. The van der Waals surface area contributed by atoms with Gasteiger partial charge in [-0.05, 0) is 59.2 Å². The van der Waals surface area contributed by atoms with E-state index in [-0.39, 0.29) is 17.1 Å². The maximum absolute atomic E-state index is 11.6. The maximum Gasteiger partial charge on any atom is 0.428 e. The number of rotatable bonds is 5. The van der Waals surface area contributed by atoms with Crippen LogP contribution in [0.15, 0.2) is 22.3 Å². The zero-order valence-corrected chi connectivity index (χ0v) is 17.7. The number of hydrogen-bond donors (Lipinski definition) is 3. The molecule has 10 nitrogen and oxygen atoms in total. The molecule has 0 heterocycles. The number of hydrazone groups is 2. The number of ether oxygens (including phenoxy) is 3. The monoisotopic (exact) mass is 408 g/mol. The van der Waals surface area contributed by atoms with Crippen molar-refractivity contribution in [3.8, 4) is 11.5 Å². The van der Waals surface area contributed by atoms with Gasteiger partial charge in [-0.25, -0.2) is 20.4 Å². The van der Waals surface area contributed by atoms with Crippen LogP contribution in [0.25, 0.3) is 0 Å². The fraction of sp³-hybridized carbons (Fsp3) is 0.474. The second-order valence-corrected chi connectivity index (χ2v) is 7.90. The van der Waals surface area contributed by atoms with Gasteiger partial charge in [0.1, 0.15) is 11.2 Å². The fourth-order valence-electron chi connectivity index (χ4n) is 1.90. The van der Waals surface area contributed by atoms with Crippen LogP contribution in [0.2, 0.25) is 0 Å². The van der Waals surface area contributed by atoms with Gasteiger partial charge in [-0.1, -0.05) is 0 Å². The average molecular weight is 408 g/mol. The first-order chi connectivity index (χ1) is 13.3. The maximum atomic E-state index is 11.6. The molecule has 1 aromatic carbocycles. The molecule has 0 aromatic heterocycles. The minimum Gasteiger partial charge on any atom is -0.504 e. The number of nitrogens with one attached hydrogen (secondary N) is 2. The quantitative estimate of drug-likeness (QED) is 0.507. The number of benzene rings is 1. The van der Waals surface area contributed by atoms with Gasteiger partial charge in [-0.2, -0.15) is 10.2 Å². The van der Waals surface area contributed by atoms with E-state index < -0.39 is 23.4 Å². The topological polar surface area (TPSA) is 131 Å². The first-order valence-corrected chi connectivity index (χ1v) is 8.76. The molecule has 0 fully saturated rings. The van der Waals surface area contributed by atoms with Crippen molar-refractivity contribution < 1.29 is 28.9 Å². The number of nitrogens with zero attached hydrogens (tertiary/aromatic N) is 2. The van der Waals surface area contributed by atoms with E-state index >= 15 is 0 Å². The minimum absolute atomic E-state index is 0.157. The Hall–Kier alpha value is -3.30. The van der Waals surface area contributed by atoms with Gasteiger partial charge in [-0.3, -0.25) is 0 Å². The molecule has 0 saturated heterocycles. The molecule has 0 spiro atoms. The molecule has 2 amide bonds. The predicted molar refractivity (Wildman–Crippen MR) is 109 cm³/mol. The Balaban J connectivity index is 2.89. The SMILES string of the molecule is COc1cc(/C=N/NC(=O)OC(C)(C)C)cc(/C=N\NC(=O)OC(C)(C)C)c1O. The van der Waals surface area contributed by atoms with Crippen molar-refractivity contribution in [2.75, 3.05) is 7.11 Å². The standard InChI is InChI=1S/C19H28N4O6/c1-18(2,3)28-16(25)22-20-10-12-8-13(15(24)14(9-12)27-7)11-21-23-17(26)29-19(4,5)6/h8-11,24H,1-7H3,(H,22,25)(H,23,26)/b20-10+,21-11-. The second kappa shape index (κ2) is 9.76. The van der Waals surface area contributed by atoms with Gasteiger partial charge < -0.3 is 19.3 Å². The zero-order valence-electron chi connectivity index (χ0n) is 17.7. The van der Waals surface area contributed by atoms with Gasteiger partial charge in [0, 0.05) is 5.56 Å². The van der Waals surface area contributed by atoms with E-state index in [0.29, 0.717) is 5.56 Å². The molecule has 1 aromatic rings. The number of phenols is 1. The summed E-state index contributed by atoms with van der Waals surface area (Å²) in [6, 6.07) is 3.03. The third kappa shape index (κ3) is 9.45. The molecule has 0 atom stereocenters. The van der Waals surface area contributed by atoms with Crippen LogP contribution in [0.3, 0.4) is 0 Å². The smallest absolute Gasteiger partial charge is 0.428 e. The van der Waals surface area contributed by atoms with Crippen molar-refractivity contribution in [3.63, 3.8) is 0 Å². The van der Waals surface area contributed by atoms with Crippen LogP contribution >= 0.6 is 0 Å². The lowest BCUT2D eigenvalue weighted by Crippen LogP contribution is -2.29. The van der Waals surface area contributed by atoms with Crippen LogP contribution in [-0.4, -0.2) is 48.0 Å². The molecule has 0 aliphatic rings.